The maximum atomic E-state index is 13.3. The minimum atomic E-state index is -0.260. The number of aromatic nitrogens is 1. The van der Waals surface area contributed by atoms with Gasteiger partial charge in [-0.3, -0.25) is 9.36 Å². The smallest absolute Gasteiger partial charge is 0.231 e. The SMILES string of the molecule is CO[C@H]1C[C@H]2[C@@H]([C@H](O)C[C@@H]3C[C@H](O)CC[C@@]32C)[C@@H]2CC[C@@H]3[C@@H](CCC(=O)n4ccc5ccccc54)CC[C@@]132. The van der Waals surface area contributed by atoms with Crippen LogP contribution < -0.4 is 0 Å². The van der Waals surface area contributed by atoms with E-state index in [1.807, 2.05) is 42.1 Å². The molecule has 1 heterocycles. The summed E-state index contributed by atoms with van der Waals surface area (Å²) < 4.78 is 8.26. The van der Waals surface area contributed by atoms with Crippen LogP contribution in [0.5, 0.6) is 0 Å². The first-order chi connectivity index (χ1) is 18.4. The number of ether oxygens (including phenoxy) is 1. The summed E-state index contributed by atoms with van der Waals surface area (Å²) in [5, 5.41) is 23.2. The molecule has 5 aliphatic carbocycles. The molecule has 38 heavy (non-hydrogen) atoms. The second-order valence-corrected chi connectivity index (χ2v) is 14.0. The van der Waals surface area contributed by atoms with E-state index in [1.165, 1.54) is 25.7 Å². The summed E-state index contributed by atoms with van der Waals surface area (Å²) in [4.78, 5) is 13.3. The Balaban J connectivity index is 1.12. The van der Waals surface area contributed by atoms with Crippen molar-refractivity contribution in [1.82, 2.24) is 4.57 Å². The molecule has 0 radical (unpaired) electrons. The van der Waals surface area contributed by atoms with Crippen molar-refractivity contribution in [3.05, 3.63) is 36.5 Å². The zero-order valence-electron chi connectivity index (χ0n) is 23.1. The van der Waals surface area contributed by atoms with Crippen molar-refractivity contribution in [2.45, 2.75) is 95.9 Å². The summed E-state index contributed by atoms with van der Waals surface area (Å²) >= 11 is 0. The highest BCUT2D eigenvalue weighted by Gasteiger charge is 2.69. The number of aliphatic hydroxyl groups is 2. The molecule has 2 aromatic rings. The van der Waals surface area contributed by atoms with Gasteiger partial charge in [0.25, 0.3) is 0 Å². The monoisotopic (exact) mass is 519 g/mol. The number of para-hydroxylation sites is 1. The summed E-state index contributed by atoms with van der Waals surface area (Å²) in [7, 11) is 1.92. The lowest BCUT2D eigenvalue weighted by Crippen LogP contribution is -2.62. The summed E-state index contributed by atoms with van der Waals surface area (Å²) in [6.07, 6.45) is 12.7. The molecule has 0 aliphatic heterocycles. The maximum Gasteiger partial charge on any atom is 0.231 e. The number of rotatable bonds is 4. The molecule has 5 saturated carbocycles. The van der Waals surface area contributed by atoms with Crippen LogP contribution in [0.15, 0.2) is 36.5 Å². The second-order valence-electron chi connectivity index (χ2n) is 14.0. The van der Waals surface area contributed by atoms with E-state index in [0.29, 0.717) is 41.9 Å². The normalized spacial score (nSPS) is 45.8. The third-order valence-corrected chi connectivity index (χ3v) is 12.9. The van der Waals surface area contributed by atoms with Crippen molar-refractivity contribution in [1.29, 1.82) is 0 Å². The van der Waals surface area contributed by atoms with Crippen LogP contribution in [0.2, 0.25) is 0 Å². The van der Waals surface area contributed by atoms with Crippen molar-refractivity contribution in [3.8, 4) is 0 Å². The third-order valence-electron chi connectivity index (χ3n) is 12.9. The van der Waals surface area contributed by atoms with Crippen LogP contribution in [0.1, 0.15) is 82.3 Å². The van der Waals surface area contributed by atoms with Gasteiger partial charge in [0, 0.05) is 30.5 Å². The number of benzene rings is 1. The van der Waals surface area contributed by atoms with Gasteiger partial charge in [0.05, 0.1) is 23.8 Å². The molecular formula is C33H45NO4. The van der Waals surface area contributed by atoms with Crippen LogP contribution in [0.25, 0.3) is 10.9 Å². The molecule has 5 nitrogen and oxygen atoms in total. The molecule has 5 fully saturated rings. The van der Waals surface area contributed by atoms with E-state index in [4.69, 9.17) is 4.74 Å². The molecule has 0 saturated heterocycles. The number of hydrogen-bond donors (Lipinski definition) is 2. The van der Waals surface area contributed by atoms with E-state index in [1.54, 1.807) is 0 Å². The molecule has 5 aliphatic rings. The van der Waals surface area contributed by atoms with E-state index < -0.39 is 0 Å². The maximum absolute atomic E-state index is 13.3. The predicted octanol–water partition coefficient (Wildman–Crippen LogP) is 6.07. The van der Waals surface area contributed by atoms with E-state index in [0.717, 1.165) is 49.4 Å². The number of methoxy groups -OCH3 is 1. The highest BCUT2D eigenvalue weighted by molar-refractivity contribution is 5.92. The van der Waals surface area contributed by atoms with Gasteiger partial charge in [-0.25, -0.2) is 0 Å². The van der Waals surface area contributed by atoms with E-state index in [9.17, 15) is 15.0 Å². The average molecular weight is 520 g/mol. The van der Waals surface area contributed by atoms with Crippen LogP contribution in [0.3, 0.4) is 0 Å². The first-order valence-corrected chi connectivity index (χ1v) is 15.3. The zero-order valence-corrected chi connectivity index (χ0v) is 23.1. The molecule has 0 unspecified atom stereocenters. The minimum absolute atomic E-state index is 0.155. The predicted molar refractivity (Wildman–Crippen MR) is 148 cm³/mol. The Bertz CT molecular complexity index is 1210. The van der Waals surface area contributed by atoms with Gasteiger partial charge in [-0.2, -0.15) is 0 Å². The quantitative estimate of drug-likeness (QED) is 0.515. The summed E-state index contributed by atoms with van der Waals surface area (Å²) in [6, 6.07) is 10.2. The number of nitrogens with zero attached hydrogens (tertiary/aromatic N) is 1. The lowest BCUT2D eigenvalue weighted by Gasteiger charge is -2.64. The molecular weight excluding hydrogens is 474 g/mol. The van der Waals surface area contributed by atoms with Crippen LogP contribution in [0, 0.1) is 46.3 Å². The zero-order chi connectivity index (χ0) is 26.2. The minimum Gasteiger partial charge on any atom is -0.393 e. The molecule has 0 amide bonds. The van der Waals surface area contributed by atoms with Crippen LogP contribution >= 0.6 is 0 Å². The fourth-order valence-electron chi connectivity index (χ4n) is 11.3. The number of carbonyl (C=O) groups is 1. The summed E-state index contributed by atoms with van der Waals surface area (Å²) in [5.41, 5.74) is 1.36. The summed E-state index contributed by atoms with van der Waals surface area (Å²) in [6.45, 7) is 2.47. The molecule has 0 bridgehead atoms. The molecule has 7 rings (SSSR count). The van der Waals surface area contributed by atoms with Crippen molar-refractivity contribution < 1.29 is 19.7 Å². The summed E-state index contributed by atoms with van der Waals surface area (Å²) in [5.74, 6) is 3.13. The molecule has 11 atom stereocenters. The van der Waals surface area contributed by atoms with Crippen molar-refractivity contribution in [3.63, 3.8) is 0 Å². The van der Waals surface area contributed by atoms with Gasteiger partial charge in [-0.15, -0.1) is 0 Å². The fourth-order valence-corrected chi connectivity index (χ4v) is 11.3. The fraction of sp³-hybridized carbons (Fsp3) is 0.727. The van der Waals surface area contributed by atoms with Gasteiger partial charge in [0.2, 0.25) is 5.91 Å². The molecule has 1 aromatic heterocycles. The van der Waals surface area contributed by atoms with Crippen molar-refractivity contribution in [2.24, 2.45) is 46.3 Å². The topological polar surface area (TPSA) is 71.7 Å². The van der Waals surface area contributed by atoms with Crippen molar-refractivity contribution >= 4 is 16.8 Å². The van der Waals surface area contributed by atoms with Gasteiger partial charge < -0.3 is 14.9 Å². The Morgan fingerprint density at radius 1 is 1.00 bits per heavy atom. The lowest BCUT2D eigenvalue weighted by atomic mass is 9.43. The Morgan fingerprint density at radius 2 is 1.82 bits per heavy atom. The number of aliphatic hydroxyl groups excluding tert-OH is 2. The van der Waals surface area contributed by atoms with Crippen LogP contribution in [-0.2, 0) is 4.74 Å². The van der Waals surface area contributed by atoms with E-state index in [-0.39, 0.29) is 35.0 Å². The molecule has 5 heteroatoms. The van der Waals surface area contributed by atoms with Crippen LogP contribution in [-0.4, -0.2) is 46.1 Å². The van der Waals surface area contributed by atoms with Gasteiger partial charge in [0.1, 0.15) is 0 Å². The Kier molecular flexibility index (Phi) is 6.11. The van der Waals surface area contributed by atoms with Gasteiger partial charge >= 0.3 is 0 Å². The highest BCUT2D eigenvalue weighted by atomic mass is 16.5. The van der Waals surface area contributed by atoms with E-state index >= 15 is 0 Å². The number of fused-ring (bicyclic) bond motifs is 5. The van der Waals surface area contributed by atoms with Crippen LogP contribution in [0.4, 0.5) is 0 Å². The molecule has 1 spiro atoms. The first kappa shape index (κ1) is 25.3. The molecule has 1 aromatic carbocycles. The average Bonchev–Trinajstić information content (AvgIpc) is 3.61. The number of carbonyl (C=O) groups excluding carboxylic acids is 1. The third kappa shape index (κ3) is 3.50. The van der Waals surface area contributed by atoms with Crippen molar-refractivity contribution in [2.75, 3.05) is 7.11 Å². The number of hydrogen-bond acceptors (Lipinski definition) is 4. The lowest BCUT2D eigenvalue weighted by molar-refractivity contribution is -0.211. The Labute approximate surface area is 226 Å². The molecule has 206 valence electrons. The van der Waals surface area contributed by atoms with Gasteiger partial charge in [-0.05, 0) is 117 Å². The van der Waals surface area contributed by atoms with Gasteiger partial charge in [0.15, 0.2) is 0 Å². The highest BCUT2D eigenvalue weighted by Crippen LogP contribution is 2.72. The standard InChI is InChI=1S/C33H45NO4/c1-32-14-12-23(35)17-22(32)18-28(36)31-25-9-8-24-20(11-15-33(24,25)29(38-2)19-26(31)32)7-10-30(37)34-16-13-21-5-3-4-6-27(21)34/h3-6,13,16,20,22-26,28-29,31,35-36H,7-12,14-15,17-19H2,1-2H3/t20-,22-,23+,24+,25-,26-,28+,29-,31-,32-,33+/m0/s1. The first-order valence-electron chi connectivity index (χ1n) is 15.3. The van der Waals surface area contributed by atoms with E-state index in [2.05, 4.69) is 13.0 Å². The Morgan fingerprint density at radius 3 is 2.66 bits per heavy atom. The largest absolute Gasteiger partial charge is 0.393 e. The second kappa shape index (κ2) is 9.17. The van der Waals surface area contributed by atoms with Gasteiger partial charge in [-0.1, -0.05) is 25.1 Å². The molecule has 2 N–H and O–H groups in total. The Hall–Kier alpha value is -1.69.